The second-order valence-electron chi connectivity index (χ2n) is 4.78. The van der Waals surface area contributed by atoms with E-state index in [4.69, 9.17) is 4.74 Å². The summed E-state index contributed by atoms with van der Waals surface area (Å²) in [5.74, 6) is 0.578. The Morgan fingerprint density at radius 1 is 1.36 bits per heavy atom. The molecule has 0 aliphatic rings. The predicted octanol–water partition coefficient (Wildman–Crippen LogP) is 0.801. The van der Waals surface area contributed by atoms with Crippen molar-refractivity contribution < 1.29 is 17.9 Å². The number of hydrogen-bond donors (Lipinski definition) is 1. The van der Waals surface area contributed by atoms with Gasteiger partial charge in [0.25, 0.3) is 0 Å². The van der Waals surface area contributed by atoms with Crippen LogP contribution in [0.2, 0.25) is 0 Å². The van der Waals surface area contributed by atoms with E-state index < -0.39 is 10.0 Å². The molecule has 7 heteroatoms. The number of nitrogens with zero attached hydrogens (tertiary/aromatic N) is 1. The van der Waals surface area contributed by atoms with Crippen molar-refractivity contribution in [3.05, 3.63) is 42.5 Å². The van der Waals surface area contributed by atoms with Crippen molar-refractivity contribution in [1.29, 1.82) is 0 Å². The molecule has 1 rings (SSSR count). The molecule has 0 radical (unpaired) electrons. The van der Waals surface area contributed by atoms with E-state index in [1.165, 1.54) is 10.4 Å². The number of amides is 1. The Labute approximate surface area is 131 Å². The van der Waals surface area contributed by atoms with Crippen molar-refractivity contribution in [2.75, 3.05) is 33.0 Å². The van der Waals surface area contributed by atoms with Gasteiger partial charge in [0.15, 0.2) is 0 Å². The minimum Gasteiger partial charge on any atom is -0.497 e. The van der Waals surface area contributed by atoms with E-state index in [9.17, 15) is 13.2 Å². The molecule has 0 heterocycles. The average molecular weight is 326 g/mol. The van der Waals surface area contributed by atoms with Gasteiger partial charge in [-0.15, -0.1) is 6.58 Å². The highest BCUT2D eigenvalue weighted by Gasteiger charge is 2.14. The molecule has 122 valence electrons. The summed E-state index contributed by atoms with van der Waals surface area (Å²) in [6.07, 6.45) is 2.89. The molecule has 6 nitrogen and oxygen atoms in total. The molecule has 0 unspecified atom stereocenters. The topological polar surface area (TPSA) is 75.7 Å². The maximum absolute atomic E-state index is 11.8. The zero-order chi connectivity index (χ0) is 16.6. The van der Waals surface area contributed by atoms with Crippen LogP contribution in [-0.4, -0.2) is 51.6 Å². The van der Waals surface area contributed by atoms with Crippen LogP contribution in [0, 0.1) is 0 Å². The number of carbonyl (C=O) groups is 1. The van der Waals surface area contributed by atoms with Crippen molar-refractivity contribution in [2.45, 2.75) is 6.42 Å². The highest BCUT2D eigenvalue weighted by Crippen LogP contribution is 2.11. The third-order valence-corrected chi connectivity index (χ3v) is 4.28. The normalized spacial score (nSPS) is 11.2. The number of hydrogen-bond acceptors (Lipinski definition) is 4. The third-order valence-electron chi connectivity index (χ3n) is 3.01. The van der Waals surface area contributed by atoms with E-state index in [0.717, 1.165) is 17.6 Å². The van der Waals surface area contributed by atoms with Gasteiger partial charge in [-0.1, -0.05) is 18.2 Å². The number of carbonyl (C=O) groups excluding carboxylic acids is 1. The van der Waals surface area contributed by atoms with Gasteiger partial charge in [0.1, 0.15) is 5.75 Å². The Kier molecular flexibility index (Phi) is 7.07. The molecule has 0 saturated carbocycles. The molecule has 0 aromatic heterocycles. The van der Waals surface area contributed by atoms with Gasteiger partial charge in [-0.05, 0) is 17.7 Å². The van der Waals surface area contributed by atoms with Gasteiger partial charge in [-0.25, -0.2) is 8.42 Å². The quantitative estimate of drug-likeness (QED) is 0.681. The van der Waals surface area contributed by atoms with E-state index in [-0.39, 0.29) is 32.0 Å². The van der Waals surface area contributed by atoms with E-state index in [1.54, 1.807) is 19.2 Å². The largest absolute Gasteiger partial charge is 0.497 e. The van der Waals surface area contributed by atoms with Crippen molar-refractivity contribution >= 4 is 15.9 Å². The van der Waals surface area contributed by atoms with Gasteiger partial charge in [-0.3, -0.25) is 4.79 Å². The van der Waals surface area contributed by atoms with Gasteiger partial charge < -0.3 is 10.1 Å². The van der Waals surface area contributed by atoms with Crippen molar-refractivity contribution in [3.63, 3.8) is 0 Å². The van der Waals surface area contributed by atoms with Crippen molar-refractivity contribution in [2.24, 2.45) is 0 Å². The van der Waals surface area contributed by atoms with Crippen molar-refractivity contribution in [3.8, 4) is 5.75 Å². The highest BCUT2D eigenvalue weighted by atomic mass is 32.2. The molecule has 0 fully saturated rings. The standard InChI is InChI=1S/C15H22N2O4S/c1-4-10-17(22(3,19)20)11-9-16-15(18)12-13-5-7-14(21-2)8-6-13/h4-8H,1,9-12H2,2-3H3,(H,16,18). The minimum atomic E-state index is -3.29. The fourth-order valence-electron chi connectivity index (χ4n) is 1.85. The number of nitrogens with one attached hydrogen (secondary N) is 1. The molecule has 1 aromatic carbocycles. The highest BCUT2D eigenvalue weighted by molar-refractivity contribution is 7.88. The lowest BCUT2D eigenvalue weighted by molar-refractivity contribution is -0.120. The maximum atomic E-state index is 11.8. The van der Waals surface area contributed by atoms with E-state index >= 15 is 0 Å². The Balaban J connectivity index is 2.43. The van der Waals surface area contributed by atoms with E-state index in [0.29, 0.717) is 0 Å². The molecule has 22 heavy (non-hydrogen) atoms. The number of sulfonamides is 1. The first-order chi connectivity index (χ1) is 10.4. The summed E-state index contributed by atoms with van der Waals surface area (Å²) < 4.78 is 29.3. The molecule has 0 atom stereocenters. The van der Waals surface area contributed by atoms with Crippen LogP contribution in [0.15, 0.2) is 36.9 Å². The first-order valence-corrected chi connectivity index (χ1v) is 8.67. The van der Waals surface area contributed by atoms with Crippen LogP contribution >= 0.6 is 0 Å². The SMILES string of the molecule is C=CCN(CCNC(=O)Cc1ccc(OC)cc1)S(C)(=O)=O. The Hall–Kier alpha value is -1.86. The van der Waals surface area contributed by atoms with Crippen molar-refractivity contribution in [1.82, 2.24) is 9.62 Å². The second kappa shape index (κ2) is 8.55. The summed E-state index contributed by atoms with van der Waals surface area (Å²) in [5, 5.41) is 2.71. The van der Waals surface area contributed by atoms with Gasteiger partial charge >= 0.3 is 0 Å². The molecule has 1 aromatic rings. The number of methoxy groups -OCH3 is 1. The molecule has 1 amide bonds. The number of ether oxygens (including phenoxy) is 1. The number of benzene rings is 1. The van der Waals surface area contributed by atoms with Crippen LogP contribution in [0.1, 0.15) is 5.56 Å². The van der Waals surface area contributed by atoms with Crippen LogP contribution in [0.3, 0.4) is 0 Å². The summed E-state index contributed by atoms with van der Waals surface area (Å²) in [7, 11) is -1.71. The lowest BCUT2D eigenvalue weighted by Crippen LogP contribution is -2.38. The number of rotatable bonds is 9. The van der Waals surface area contributed by atoms with Gasteiger partial charge in [-0.2, -0.15) is 4.31 Å². The summed E-state index contributed by atoms with van der Waals surface area (Å²) in [5.41, 5.74) is 0.865. The van der Waals surface area contributed by atoms with E-state index in [2.05, 4.69) is 11.9 Å². The fraction of sp³-hybridized carbons (Fsp3) is 0.400. The first kappa shape index (κ1) is 18.2. The average Bonchev–Trinajstić information content (AvgIpc) is 2.46. The van der Waals surface area contributed by atoms with Gasteiger partial charge in [0.2, 0.25) is 15.9 Å². The lowest BCUT2D eigenvalue weighted by atomic mass is 10.1. The zero-order valence-corrected chi connectivity index (χ0v) is 13.7. The Morgan fingerprint density at radius 3 is 2.50 bits per heavy atom. The smallest absolute Gasteiger partial charge is 0.224 e. The Bertz CT molecular complexity index is 596. The molecular weight excluding hydrogens is 304 g/mol. The lowest BCUT2D eigenvalue weighted by Gasteiger charge is -2.18. The molecule has 0 aliphatic carbocycles. The van der Waals surface area contributed by atoms with Crippen LogP contribution in [0.25, 0.3) is 0 Å². The molecule has 0 saturated heterocycles. The molecule has 1 N–H and O–H groups in total. The third kappa shape index (κ3) is 6.28. The van der Waals surface area contributed by atoms with Crippen LogP contribution in [0.5, 0.6) is 5.75 Å². The van der Waals surface area contributed by atoms with Crippen LogP contribution < -0.4 is 10.1 Å². The monoisotopic (exact) mass is 326 g/mol. The Morgan fingerprint density at radius 2 is 2.00 bits per heavy atom. The molecule has 0 aliphatic heterocycles. The van der Waals surface area contributed by atoms with Gasteiger partial charge in [0, 0.05) is 19.6 Å². The second-order valence-corrected chi connectivity index (χ2v) is 6.77. The predicted molar refractivity (Wildman–Crippen MR) is 86.3 cm³/mol. The van der Waals surface area contributed by atoms with Crippen LogP contribution in [0.4, 0.5) is 0 Å². The first-order valence-electron chi connectivity index (χ1n) is 6.82. The summed E-state index contributed by atoms with van der Waals surface area (Å²) in [6.45, 7) is 4.23. The summed E-state index contributed by atoms with van der Waals surface area (Å²) in [4.78, 5) is 11.8. The zero-order valence-electron chi connectivity index (χ0n) is 12.9. The molecule has 0 bridgehead atoms. The summed E-state index contributed by atoms with van der Waals surface area (Å²) in [6, 6.07) is 7.22. The van der Waals surface area contributed by atoms with E-state index in [1.807, 2.05) is 12.1 Å². The summed E-state index contributed by atoms with van der Waals surface area (Å²) >= 11 is 0. The van der Waals surface area contributed by atoms with Crippen LogP contribution in [-0.2, 0) is 21.2 Å². The molecule has 0 spiro atoms. The maximum Gasteiger partial charge on any atom is 0.224 e. The fourth-order valence-corrected chi connectivity index (χ4v) is 2.65. The molecular formula is C15H22N2O4S. The van der Waals surface area contributed by atoms with Gasteiger partial charge in [0.05, 0.1) is 19.8 Å². The minimum absolute atomic E-state index is 0.155.